The molecule has 3 heteroatoms. The zero-order valence-electron chi connectivity index (χ0n) is 9.76. The maximum atomic E-state index is 5.38. The second-order valence-electron chi connectivity index (χ2n) is 4.10. The molecule has 1 heterocycles. The Hall–Kier alpha value is -2.13. The second-order valence-corrected chi connectivity index (χ2v) is 4.48. The van der Waals surface area contributed by atoms with Crippen LogP contribution in [0.1, 0.15) is 5.56 Å². The lowest BCUT2D eigenvalue weighted by atomic mass is 10.2. The van der Waals surface area contributed by atoms with Gasteiger partial charge in [-0.3, -0.25) is 4.57 Å². The van der Waals surface area contributed by atoms with Gasteiger partial charge >= 0.3 is 0 Å². The average Bonchev–Trinajstić information content (AvgIpc) is 2.75. The molecule has 0 unspecified atom stereocenters. The molecule has 0 bridgehead atoms. The van der Waals surface area contributed by atoms with E-state index in [0.717, 1.165) is 22.3 Å². The summed E-state index contributed by atoms with van der Waals surface area (Å²) in [6.45, 7) is 4.15. The van der Waals surface area contributed by atoms with Crippen LogP contribution in [0.5, 0.6) is 0 Å². The third kappa shape index (κ3) is 1.69. The van der Waals surface area contributed by atoms with E-state index >= 15 is 0 Å². The van der Waals surface area contributed by atoms with Gasteiger partial charge in [0.15, 0.2) is 4.77 Å². The number of fused-ring (bicyclic) bond motifs is 1. The standard InChI is InChI=1S/C15H12N2S/c1-11(12-7-3-2-4-8-12)17-14-10-6-5-9-13(14)16-15(17)18/h2-10H,1H2,(H,16,18). The minimum atomic E-state index is 0.671. The molecule has 0 aliphatic rings. The van der Waals surface area contributed by atoms with Gasteiger partial charge in [-0.05, 0) is 29.9 Å². The van der Waals surface area contributed by atoms with Crippen LogP contribution in [-0.2, 0) is 0 Å². The van der Waals surface area contributed by atoms with Crippen molar-refractivity contribution in [3.05, 3.63) is 71.5 Å². The number of nitrogens with one attached hydrogen (secondary N) is 1. The third-order valence-corrected chi connectivity index (χ3v) is 3.25. The molecule has 1 aromatic heterocycles. The van der Waals surface area contributed by atoms with Gasteiger partial charge in [-0.2, -0.15) is 0 Å². The summed E-state index contributed by atoms with van der Waals surface area (Å²) in [5.41, 5.74) is 4.03. The Labute approximate surface area is 110 Å². The van der Waals surface area contributed by atoms with E-state index in [2.05, 4.69) is 11.6 Å². The van der Waals surface area contributed by atoms with Gasteiger partial charge < -0.3 is 4.98 Å². The number of nitrogens with zero attached hydrogens (tertiary/aromatic N) is 1. The zero-order chi connectivity index (χ0) is 12.5. The van der Waals surface area contributed by atoms with Crippen molar-refractivity contribution in [2.45, 2.75) is 0 Å². The summed E-state index contributed by atoms with van der Waals surface area (Å²) < 4.78 is 2.64. The number of aromatic nitrogens is 2. The Morgan fingerprint density at radius 1 is 1.00 bits per heavy atom. The number of H-pyrrole nitrogens is 1. The highest BCUT2D eigenvalue weighted by Crippen LogP contribution is 2.22. The van der Waals surface area contributed by atoms with Crippen LogP contribution in [0.2, 0.25) is 0 Å². The first-order valence-electron chi connectivity index (χ1n) is 5.72. The first-order chi connectivity index (χ1) is 8.77. The minimum Gasteiger partial charge on any atom is -0.330 e. The van der Waals surface area contributed by atoms with E-state index in [1.165, 1.54) is 0 Å². The zero-order valence-corrected chi connectivity index (χ0v) is 10.6. The van der Waals surface area contributed by atoms with E-state index in [1.54, 1.807) is 0 Å². The summed E-state index contributed by atoms with van der Waals surface area (Å²) in [5.74, 6) is 0. The van der Waals surface area contributed by atoms with E-state index < -0.39 is 0 Å². The summed E-state index contributed by atoms with van der Waals surface area (Å²) in [6.07, 6.45) is 0. The fourth-order valence-corrected chi connectivity index (χ4v) is 2.40. The molecule has 3 aromatic rings. The van der Waals surface area contributed by atoms with Crippen LogP contribution in [0.15, 0.2) is 61.2 Å². The van der Waals surface area contributed by atoms with Crippen LogP contribution in [-0.4, -0.2) is 9.55 Å². The van der Waals surface area contributed by atoms with Gasteiger partial charge in [-0.1, -0.05) is 49.0 Å². The van der Waals surface area contributed by atoms with Gasteiger partial charge in [-0.15, -0.1) is 0 Å². The van der Waals surface area contributed by atoms with Gasteiger partial charge in [0.05, 0.1) is 11.0 Å². The average molecular weight is 252 g/mol. The van der Waals surface area contributed by atoms with E-state index in [0.29, 0.717) is 4.77 Å². The second kappa shape index (κ2) is 4.27. The first kappa shape index (κ1) is 11.0. The molecular weight excluding hydrogens is 240 g/mol. The van der Waals surface area contributed by atoms with Gasteiger partial charge in [0, 0.05) is 5.70 Å². The Kier molecular flexibility index (Phi) is 2.61. The lowest BCUT2D eigenvalue weighted by Gasteiger charge is -2.08. The molecule has 2 aromatic carbocycles. The molecule has 0 fully saturated rings. The van der Waals surface area contributed by atoms with Crippen molar-refractivity contribution < 1.29 is 0 Å². The van der Waals surface area contributed by atoms with Crippen LogP contribution < -0.4 is 0 Å². The Balaban J connectivity index is 2.24. The molecule has 18 heavy (non-hydrogen) atoms. The number of hydrogen-bond donors (Lipinski definition) is 1. The molecule has 0 aliphatic heterocycles. The summed E-state index contributed by atoms with van der Waals surface area (Å²) >= 11 is 5.38. The highest BCUT2D eigenvalue weighted by Gasteiger charge is 2.07. The Morgan fingerprint density at radius 2 is 1.67 bits per heavy atom. The first-order valence-corrected chi connectivity index (χ1v) is 6.12. The fourth-order valence-electron chi connectivity index (χ4n) is 2.08. The molecule has 0 amide bonds. The largest absolute Gasteiger partial charge is 0.330 e. The number of imidazole rings is 1. The summed E-state index contributed by atoms with van der Waals surface area (Å²) in [5, 5.41) is 0. The monoisotopic (exact) mass is 252 g/mol. The predicted octanol–water partition coefficient (Wildman–Crippen LogP) is 4.22. The number of rotatable bonds is 2. The molecule has 0 radical (unpaired) electrons. The normalized spacial score (nSPS) is 10.7. The lowest BCUT2D eigenvalue weighted by Crippen LogP contribution is -1.97. The Morgan fingerprint density at radius 3 is 2.44 bits per heavy atom. The van der Waals surface area contributed by atoms with Gasteiger partial charge in [0.25, 0.3) is 0 Å². The summed E-state index contributed by atoms with van der Waals surface area (Å²) in [6, 6.07) is 18.1. The van der Waals surface area contributed by atoms with Crippen LogP contribution in [0, 0.1) is 4.77 Å². The van der Waals surface area contributed by atoms with Gasteiger partial charge in [-0.25, -0.2) is 0 Å². The minimum absolute atomic E-state index is 0.671. The maximum absolute atomic E-state index is 5.38. The van der Waals surface area contributed by atoms with Crippen molar-refractivity contribution in [3.8, 4) is 0 Å². The highest BCUT2D eigenvalue weighted by molar-refractivity contribution is 7.71. The molecule has 0 spiro atoms. The molecule has 3 rings (SSSR count). The molecule has 1 N–H and O–H groups in total. The SMILES string of the molecule is C=C(c1ccccc1)n1c(=S)[nH]c2ccccc21. The number of para-hydroxylation sites is 2. The van der Waals surface area contributed by atoms with Crippen molar-refractivity contribution in [2.24, 2.45) is 0 Å². The summed E-state index contributed by atoms with van der Waals surface area (Å²) in [7, 11) is 0. The third-order valence-electron chi connectivity index (χ3n) is 2.97. The molecule has 0 saturated heterocycles. The van der Waals surface area contributed by atoms with Crippen molar-refractivity contribution in [1.29, 1.82) is 0 Å². The number of aromatic amines is 1. The van der Waals surface area contributed by atoms with E-state index in [9.17, 15) is 0 Å². The molecule has 0 atom stereocenters. The van der Waals surface area contributed by atoms with E-state index in [-0.39, 0.29) is 0 Å². The smallest absolute Gasteiger partial charge is 0.182 e. The van der Waals surface area contributed by atoms with Crippen LogP contribution in [0.25, 0.3) is 16.7 Å². The summed E-state index contributed by atoms with van der Waals surface area (Å²) in [4.78, 5) is 3.19. The van der Waals surface area contributed by atoms with Gasteiger partial charge in [0.1, 0.15) is 0 Å². The van der Waals surface area contributed by atoms with Crippen molar-refractivity contribution in [3.63, 3.8) is 0 Å². The fraction of sp³-hybridized carbons (Fsp3) is 0. The molecule has 88 valence electrons. The van der Waals surface area contributed by atoms with E-state index in [1.807, 2.05) is 59.2 Å². The van der Waals surface area contributed by atoms with Gasteiger partial charge in [0.2, 0.25) is 0 Å². The van der Waals surface area contributed by atoms with Crippen LogP contribution in [0.4, 0.5) is 0 Å². The van der Waals surface area contributed by atoms with Crippen molar-refractivity contribution >= 4 is 28.9 Å². The highest BCUT2D eigenvalue weighted by atomic mass is 32.1. The van der Waals surface area contributed by atoms with Crippen molar-refractivity contribution in [1.82, 2.24) is 9.55 Å². The maximum Gasteiger partial charge on any atom is 0.182 e. The number of benzene rings is 2. The molecule has 0 aliphatic carbocycles. The van der Waals surface area contributed by atoms with E-state index in [4.69, 9.17) is 12.2 Å². The van der Waals surface area contributed by atoms with Crippen LogP contribution in [0.3, 0.4) is 0 Å². The molecular formula is C15H12N2S. The van der Waals surface area contributed by atoms with Crippen LogP contribution >= 0.6 is 12.2 Å². The topological polar surface area (TPSA) is 20.7 Å². The lowest BCUT2D eigenvalue weighted by molar-refractivity contribution is 1.10. The Bertz CT molecular complexity index is 766. The van der Waals surface area contributed by atoms with Crippen molar-refractivity contribution in [2.75, 3.05) is 0 Å². The molecule has 2 nitrogen and oxygen atoms in total. The molecule has 0 saturated carbocycles. The predicted molar refractivity (Wildman–Crippen MR) is 78.0 cm³/mol. The quantitative estimate of drug-likeness (QED) is 0.677. The number of hydrogen-bond acceptors (Lipinski definition) is 1.